The summed E-state index contributed by atoms with van der Waals surface area (Å²) in [5.74, 6) is 1.82. The molecule has 0 aliphatic rings. The molecule has 0 spiro atoms. The maximum Gasteiger partial charge on any atom is 0.166 e. The summed E-state index contributed by atoms with van der Waals surface area (Å²) in [6.07, 6.45) is 0. The Kier molecular flexibility index (Phi) is 5.65. The van der Waals surface area contributed by atoms with Gasteiger partial charge in [0.05, 0.1) is 11.0 Å². The van der Waals surface area contributed by atoms with Gasteiger partial charge in [-0.3, -0.25) is 0 Å². The second-order valence-corrected chi connectivity index (χ2v) is 11.3. The molecule has 6 aromatic carbocycles. The molecule has 0 atom stereocenters. The van der Waals surface area contributed by atoms with Gasteiger partial charge in [0.15, 0.2) is 23.1 Å². The molecule has 0 N–H and O–H groups in total. The van der Waals surface area contributed by atoms with Gasteiger partial charge < -0.3 is 8.98 Å². The SMILES string of the molecule is Cc1cccc2c1oc1c(-n3c4ccccc4c4ccccc43)c(-c3nc(-c4ccccc4)nc(-c4ccccc4)n3)ccc12. The largest absolute Gasteiger partial charge is 0.454 e. The normalized spacial score (nSPS) is 11.7. The fraction of sp³-hybridized carbons (Fsp3) is 0.0250. The minimum Gasteiger partial charge on any atom is -0.454 e. The summed E-state index contributed by atoms with van der Waals surface area (Å²) in [7, 11) is 0. The molecule has 0 saturated heterocycles. The first-order chi connectivity index (χ1) is 22.2. The number of aryl methyl sites for hydroxylation is 1. The van der Waals surface area contributed by atoms with Crippen LogP contribution in [-0.4, -0.2) is 19.5 Å². The van der Waals surface area contributed by atoms with Gasteiger partial charge in [0.1, 0.15) is 11.3 Å². The van der Waals surface area contributed by atoms with Gasteiger partial charge in [-0.25, -0.2) is 15.0 Å². The summed E-state index contributed by atoms with van der Waals surface area (Å²) >= 11 is 0. The summed E-state index contributed by atoms with van der Waals surface area (Å²) in [4.78, 5) is 15.2. The molecule has 9 rings (SSSR count). The number of hydrogen-bond acceptors (Lipinski definition) is 4. The minimum absolute atomic E-state index is 0.582. The van der Waals surface area contributed by atoms with E-state index in [4.69, 9.17) is 19.4 Å². The Morgan fingerprint density at radius 2 is 0.956 bits per heavy atom. The molecule has 3 aromatic heterocycles. The van der Waals surface area contributed by atoms with Crippen molar-refractivity contribution in [2.24, 2.45) is 0 Å². The van der Waals surface area contributed by atoms with Crippen molar-refractivity contribution in [2.75, 3.05) is 0 Å². The Bertz CT molecular complexity index is 2440. The predicted molar refractivity (Wildman–Crippen MR) is 182 cm³/mol. The van der Waals surface area contributed by atoms with Crippen molar-refractivity contribution in [1.29, 1.82) is 0 Å². The van der Waals surface area contributed by atoms with Crippen LogP contribution < -0.4 is 0 Å². The molecule has 5 nitrogen and oxygen atoms in total. The molecular formula is C40H26N4O. The number of benzene rings is 6. The second-order valence-electron chi connectivity index (χ2n) is 11.3. The first kappa shape index (κ1) is 25.4. The monoisotopic (exact) mass is 578 g/mol. The van der Waals surface area contributed by atoms with Crippen LogP contribution in [0.1, 0.15) is 5.56 Å². The highest BCUT2D eigenvalue weighted by Gasteiger charge is 2.24. The van der Waals surface area contributed by atoms with Crippen molar-refractivity contribution < 1.29 is 4.42 Å². The van der Waals surface area contributed by atoms with Crippen molar-refractivity contribution in [1.82, 2.24) is 19.5 Å². The van der Waals surface area contributed by atoms with Gasteiger partial charge in [0.25, 0.3) is 0 Å². The lowest BCUT2D eigenvalue weighted by molar-refractivity contribution is 0.663. The molecule has 0 saturated carbocycles. The highest BCUT2D eigenvalue weighted by molar-refractivity contribution is 6.14. The van der Waals surface area contributed by atoms with Gasteiger partial charge >= 0.3 is 0 Å². The van der Waals surface area contributed by atoms with E-state index in [1.807, 2.05) is 60.7 Å². The summed E-state index contributed by atoms with van der Waals surface area (Å²) in [5.41, 5.74) is 8.58. The maximum atomic E-state index is 6.84. The molecule has 45 heavy (non-hydrogen) atoms. The van der Waals surface area contributed by atoms with E-state index in [2.05, 4.69) is 90.4 Å². The van der Waals surface area contributed by atoms with E-state index in [1.54, 1.807) is 0 Å². The molecule has 0 aliphatic carbocycles. The van der Waals surface area contributed by atoms with Crippen LogP contribution in [0.5, 0.6) is 0 Å². The zero-order valence-electron chi connectivity index (χ0n) is 24.5. The van der Waals surface area contributed by atoms with Gasteiger partial charge in [0, 0.05) is 38.2 Å². The number of furan rings is 1. The van der Waals surface area contributed by atoms with Crippen LogP contribution in [0.4, 0.5) is 0 Å². The molecule has 0 fully saturated rings. The van der Waals surface area contributed by atoms with Crippen molar-refractivity contribution in [3.05, 3.63) is 145 Å². The van der Waals surface area contributed by atoms with Gasteiger partial charge in [-0.1, -0.05) is 115 Å². The number of hydrogen-bond donors (Lipinski definition) is 0. The number of para-hydroxylation sites is 3. The molecule has 3 heterocycles. The molecular weight excluding hydrogens is 552 g/mol. The third-order valence-electron chi connectivity index (χ3n) is 8.58. The van der Waals surface area contributed by atoms with Gasteiger partial charge in [-0.2, -0.15) is 0 Å². The number of nitrogens with zero attached hydrogens (tertiary/aromatic N) is 4. The van der Waals surface area contributed by atoms with Crippen molar-refractivity contribution in [2.45, 2.75) is 6.92 Å². The van der Waals surface area contributed by atoms with Crippen LogP contribution in [0.15, 0.2) is 144 Å². The average Bonchev–Trinajstić information content (AvgIpc) is 3.65. The van der Waals surface area contributed by atoms with Crippen molar-refractivity contribution in [3.63, 3.8) is 0 Å². The van der Waals surface area contributed by atoms with Gasteiger partial charge in [0.2, 0.25) is 0 Å². The van der Waals surface area contributed by atoms with Crippen LogP contribution >= 0.6 is 0 Å². The minimum atomic E-state index is 0.582. The smallest absolute Gasteiger partial charge is 0.166 e. The van der Waals surface area contributed by atoms with E-state index < -0.39 is 0 Å². The zero-order chi connectivity index (χ0) is 29.9. The quantitative estimate of drug-likeness (QED) is 0.208. The highest BCUT2D eigenvalue weighted by atomic mass is 16.3. The van der Waals surface area contributed by atoms with E-state index in [-0.39, 0.29) is 0 Å². The van der Waals surface area contributed by atoms with Crippen LogP contribution in [0.25, 0.3) is 83.6 Å². The van der Waals surface area contributed by atoms with E-state index >= 15 is 0 Å². The van der Waals surface area contributed by atoms with E-state index in [9.17, 15) is 0 Å². The van der Waals surface area contributed by atoms with Crippen LogP contribution in [0.2, 0.25) is 0 Å². The molecule has 0 unspecified atom stereocenters. The molecule has 212 valence electrons. The summed E-state index contributed by atoms with van der Waals surface area (Å²) in [6, 6.07) is 47.8. The number of rotatable bonds is 4. The van der Waals surface area contributed by atoms with E-state index in [0.29, 0.717) is 17.5 Å². The zero-order valence-corrected chi connectivity index (χ0v) is 24.5. The Morgan fingerprint density at radius 3 is 1.58 bits per heavy atom. The van der Waals surface area contributed by atoms with Crippen molar-refractivity contribution in [3.8, 4) is 39.9 Å². The number of aromatic nitrogens is 4. The maximum absolute atomic E-state index is 6.84. The van der Waals surface area contributed by atoms with Crippen LogP contribution in [-0.2, 0) is 0 Å². The molecule has 0 bridgehead atoms. The van der Waals surface area contributed by atoms with Gasteiger partial charge in [-0.15, -0.1) is 0 Å². The summed E-state index contributed by atoms with van der Waals surface area (Å²) < 4.78 is 9.15. The summed E-state index contributed by atoms with van der Waals surface area (Å²) in [5, 5.41) is 4.49. The second kappa shape index (κ2) is 10.00. The Balaban J connectivity index is 1.44. The van der Waals surface area contributed by atoms with Crippen LogP contribution in [0, 0.1) is 6.92 Å². The predicted octanol–water partition coefficient (Wildman–Crippen LogP) is 10.2. The Hall–Kier alpha value is -6.07. The highest BCUT2D eigenvalue weighted by Crippen LogP contribution is 2.43. The fourth-order valence-electron chi connectivity index (χ4n) is 6.48. The standard InChI is InChI=1S/C40H26N4O/c1-25-13-12-20-30-31-23-24-32(40-42-38(26-14-4-2-5-15-26)41-39(43-40)27-16-6-3-7-17-27)35(37(31)45-36(25)30)44-33-21-10-8-18-28(33)29-19-9-11-22-34(29)44/h2-24H,1H3. The third kappa shape index (κ3) is 3.98. The fourth-order valence-corrected chi connectivity index (χ4v) is 6.48. The third-order valence-corrected chi connectivity index (χ3v) is 8.58. The molecule has 0 aliphatic heterocycles. The first-order valence-corrected chi connectivity index (χ1v) is 15.1. The molecule has 9 aromatic rings. The lowest BCUT2D eigenvalue weighted by atomic mass is 10.0. The molecule has 5 heteroatoms. The molecule has 0 radical (unpaired) electrons. The lowest BCUT2D eigenvalue weighted by Crippen LogP contribution is -2.04. The van der Waals surface area contributed by atoms with Crippen molar-refractivity contribution >= 4 is 43.7 Å². The Morgan fingerprint density at radius 1 is 0.444 bits per heavy atom. The lowest BCUT2D eigenvalue weighted by Gasteiger charge is -2.15. The van der Waals surface area contributed by atoms with Crippen LogP contribution in [0.3, 0.4) is 0 Å². The number of fused-ring (bicyclic) bond motifs is 6. The topological polar surface area (TPSA) is 56.7 Å². The Labute approximate surface area is 259 Å². The summed E-state index contributed by atoms with van der Waals surface area (Å²) in [6.45, 7) is 2.09. The van der Waals surface area contributed by atoms with E-state index in [0.717, 1.165) is 60.9 Å². The average molecular weight is 579 g/mol. The van der Waals surface area contributed by atoms with Gasteiger partial charge in [-0.05, 0) is 36.8 Å². The van der Waals surface area contributed by atoms with E-state index in [1.165, 1.54) is 10.8 Å². The first-order valence-electron chi connectivity index (χ1n) is 15.1. The molecule has 0 amide bonds.